The maximum Gasteiger partial charge on any atom is 0.267 e. The number of para-hydroxylation sites is 1. The van der Waals surface area contributed by atoms with Crippen LogP contribution >= 0.6 is 0 Å². The second-order valence-electron chi connectivity index (χ2n) is 6.50. The third kappa shape index (κ3) is 4.43. The highest BCUT2D eigenvalue weighted by Gasteiger charge is 2.21. The van der Waals surface area contributed by atoms with Crippen molar-refractivity contribution in [2.45, 2.75) is 49.5 Å². The number of benzene rings is 1. The van der Waals surface area contributed by atoms with Crippen molar-refractivity contribution in [1.29, 1.82) is 0 Å². The first-order valence-electron chi connectivity index (χ1n) is 8.72. The van der Waals surface area contributed by atoms with Gasteiger partial charge in [0.1, 0.15) is 16.4 Å². The van der Waals surface area contributed by atoms with Crippen LogP contribution in [0, 0.1) is 5.82 Å². The zero-order chi connectivity index (χ0) is 18.6. The van der Waals surface area contributed by atoms with Gasteiger partial charge >= 0.3 is 0 Å². The molecule has 1 aliphatic carbocycles. The van der Waals surface area contributed by atoms with E-state index >= 15 is 0 Å². The smallest absolute Gasteiger partial charge is 0.267 e. The highest BCUT2D eigenvalue weighted by Crippen LogP contribution is 2.20. The van der Waals surface area contributed by atoms with Crippen molar-refractivity contribution in [2.75, 3.05) is 4.72 Å². The molecular formula is C18H22FN3O3S. The van der Waals surface area contributed by atoms with E-state index in [1.54, 1.807) is 0 Å². The van der Waals surface area contributed by atoms with Crippen molar-refractivity contribution in [3.05, 3.63) is 48.0 Å². The van der Waals surface area contributed by atoms with Crippen LogP contribution in [0.2, 0.25) is 0 Å². The van der Waals surface area contributed by atoms with Crippen molar-refractivity contribution >= 4 is 21.6 Å². The summed E-state index contributed by atoms with van der Waals surface area (Å²) in [7, 11) is -3.99. The maximum absolute atomic E-state index is 13.7. The molecule has 0 bridgehead atoms. The molecule has 0 aliphatic heterocycles. The normalized spacial score (nSPS) is 16.0. The summed E-state index contributed by atoms with van der Waals surface area (Å²) in [6, 6.07) is 6.88. The Bertz CT molecular complexity index is 871. The summed E-state index contributed by atoms with van der Waals surface area (Å²) >= 11 is 0. The van der Waals surface area contributed by atoms with Crippen LogP contribution in [0.25, 0.3) is 0 Å². The molecule has 2 aromatic rings. The summed E-state index contributed by atoms with van der Waals surface area (Å²) in [4.78, 5) is 14.9. The van der Waals surface area contributed by atoms with Gasteiger partial charge in [-0.3, -0.25) is 9.52 Å². The fourth-order valence-electron chi connectivity index (χ4n) is 3.10. The van der Waals surface area contributed by atoms with Gasteiger partial charge in [0.15, 0.2) is 0 Å². The Kier molecular flexibility index (Phi) is 5.61. The van der Waals surface area contributed by atoms with Crippen LogP contribution in [0.1, 0.15) is 49.0 Å². The molecule has 1 amide bonds. The summed E-state index contributed by atoms with van der Waals surface area (Å²) in [5.41, 5.74) is 0.0290. The van der Waals surface area contributed by atoms with E-state index < -0.39 is 15.8 Å². The molecule has 6 nitrogen and oxygen atoms in total. The second kappa shape index (κ2) is 7.90. The van der Waals surface area contributed by atoms with Gasteiger partial charge in [0, 0.05) is 12.2 Å². The Labute approximate surface area is 152 Å². The molecule has 3 rings (SSSR count). The van der Waals surface area contributed by atoms with Crippen molar-refractivity contribution in [2.24, 2.45) is 0 Å². The van der Waals surface area contributed by atoms with E-state index in [1.807, 2.05) is 0 Å². The van der Waals surface area contributed by atoms with Gasteiger partial charge in [0.05, 0.1) is 5.69 Å². The molecule has 140 valence electrons. The molecular weight excluding hydrogens is 357 g/mol. The number of carbonyl (C=O) groups excluding carboxylic acids is 1. The minimum absolute atomic E-state index is 0.116. The topological polar surface area (TPSA) is 91.1 Å². The molecule has 0 saturated heterocycles. The SMILES string of the molecule is O=C(NC1CCCCCC1)c1cc(S(=O)(=O)Nc2ccccc2F)c[nH]1. The van der Waals surface area contributed by atoms with Crippen LogP contribution in [0.5, 0.6) is 0 Å². The van der Waals surface area contributed by atoms with Crippen LogP contribution in [0.3, 0.4) is 0 Å². The standard InChI is InChI=1S/C18H22FN3O3S/c19-15-9-5-6-10-16(15)22-26(24,25)14-11-17(20-12-14)18(23)21-13-7-3-1-2-4-8-13/h5-6,9-13,20,22H,1-4,7-8H2,(H,21,23). The van der Waals surface area contributed by atoms with Gasteiger partial charge in [-0.25, -0.2) is 12.8 Å². The van der Waals surface area contributed by atoms with Gasteiger partial charge in [0.25, 0.3) is 15.9 Å². The van der Waals surface area contributed by atoms with Crippen LogP contribution < -0.4 is 10.0 Å². The van der Waals surface area contributed by atoms with E-state index in [0.29, 0.717) is 0 Å². The lowest BCUT2D eigenvalue weighted by molar-refractivity contribution is 0.0929. The molecule has 1 aliphatic rings. The van der Waals surface area contributed by atoms with Gasteiger partial charge in [-0.05, 0) is 31.0 Å². The van der Waals surface area contributed by atoms with Gasteiger partial charge in [-0.1, -0.05) is 37.8 Å². The van der Waals surface area contributed by atoms with Crippen LogP contribution in [-0.4, -0.2) is 25.4 Å². The minimum atomic E-state index is -3.99. The first-order valence-corrected chi connectivity index (χ1v) is 10.2. The number of hydrogen-bond acceptors (Lipinski definition) is 3. The average molecular weight is 379 g/mol. The summed E-state index contributed by atoms with van der Waals surface area (Å²) in [6.45, 7) is 0. The van der Waals surface area contributed by atoms with Crippen LogP contribution in [0.4, 0.5) is 10.1 Å². The molecule has 0 radical (unpaired) electrons. The molecule has 1 aromatic heterocycles. The Morgan fingerprint density at radius 1 is 1.12 bits per heavy atom. The molecule has 0 atom stereocenters. The van der Waals surface area contributed by atoms with Gasteiger partial charge < -0.3 is 10.3 Å². The Balaban J connectivity index is 1.70. The lowest BCUT2D eigenvalue weighted by Crippen LogP contribution is -2.34. The van der Waals surface area contributed by atoms with E-state index in [0.717, 1.165) is 25.7 Å². The Hall–Kier alpha value is -2.35. The molecule has 1 aromatic carbocycles. The number of carbonyl (C=O) groups is 1. The fourth-order valence-corrected chi connectivity index (χ4v) is 4.16. The number of anilines is 1. The summed E-state index contributed by atoms with van der Waals surface area (Å²) in [6.07, 6.45) is 7.63. The predicted molar refractivity (Wildman–Crippen MR) is 97.0 cm³/mol. The third-order valence-electron chi connectivity index (χ3n) is 4.52. The first kappa shape index (κ1) is 18.4. The van der Waals surface area contributed by atoms with E-state index in [2.05, 4.69) is 15.0 Å². The number of aromatic nitrogens is 1. The highest BCUT2D eigenvalue weighted by atomic mass is 32.2. The lowest BCUT2D eigenvalue weighted by Gasteiger charge is -2.15. The lowest BCUT2D eigenvalue weighted by atomic mass is 10.1. The molecule has 8 heteroatoms. The van der Waals surface area contributed by atoms with Crippen molar-refractivity contribution < 1.29 is 17.6 Å². The number of halogens is 1. The number of nitrogens with one attached hydrogen (secondary N) is 3. The van der Waals surface area contributed by atoms with Gasteiger partial charge in [-0.2, -0.15) is 0 Å². The molecule has 1 saturated carbocycles. The number of sulfonamides is 1. The molecule has 0 spiro atoms. The van der Waals surface area contributed by atoms with Gasteiger partial charge in [0.2, 0.25) is 0 Å². The van der Waals surface area contributed by atoms with Gasteiger partial charge in [-0.15, -0.1) is 0 Å². The maximum atomic E-state index is 13.7. The van der Waals surface area contributed by atoms with E-state index in [4.69, 9.17) is 0 Å². The molecule has 0 unspecified atom stereocenters. The second-order valence-corrected chi connectivity index (χ2v) is 8.18. The number of aromatic amines is 1. The van der Waals surface area contributed by atoms with Crippen molar-refractivity contribution in [1.82, 2.24) is 10.3 Å². The summed E-state index contributed by atoms with van der Waals surface area (Å²) in [5.74, 6) is -0.998. The number of hydrogen-bond donors (Lipinski definition) is 3. The van der Waals surface area contributed by atoms with E-state index in [1.165, 1.54) is 49.4 Å². The number of amides is 1. The number of H-pyrrole nitrogens is 1. The van der Waals surface area contributed by atoms with E-state index in [9.17, 15) is 17.6 Å². The molecule has 1 heterocycles. The highest BCUT2D eigenvalue weighted by molar-refractivity contribution is 7.92. The molecule has 3 N–H and O–H groups in total. The Morgan fingerprint density at radius 3 is 2.50 bits per heavy atom. The Morgan fingerprint density at radius 2 is 1.81 bits per heavy atom. The molecule has 1 fully saturated rings. The van der Waals surface area contributed by atoms with Crippen LogP contribution in [-0.2, 0) is 10.0 Å². The zero-order valence-electron chi connectivity index (χ0n) is 14.3. The third-order valence-corrected chi connectivity index (χ3v) is 5.86. The zero-order valence-corrected chi connectivity index (χ0v) is 15.1. The summed E-state index contributed by atoms with van der Waals surface area (Å²) < 4.78 is 40.6. The van der Waals surface area contributed by atoms with E-state index in [-0.39, 0.29) is 28.2 Å². The monoisotopic (exact) mass is 379 g/mol. The predicted octanol–water partition coefficient (Wildman–Crippen LogP) is 3.41. The van der Waals surface area contributed by atoms with Crippen molar-refractivity contribution in [3.8, 4) is 0 Å². The number of rotatable bonds is 5. The van der Waals surface area contributed by atoms with Crippen molar-refractivity contribution in [3.63, 3.8) is 0 Å². The largest absolute Gasteiger partial charge is 0.356 e. The average Bonchev–Trinajstić information content (AvgIpc) is 2.98. The minimum Gasteiger partial charge on any atom is -0.356 e. The molecule has 26 heavy (non-hydrogen) atoms. The first-order chi connectivity index (χ1) is 12.5. The van der Waals surface area contributed by atoms with Crippen LogP contribution in [0.15, 0.2) is 41.4 Å². The fraction of sp³-hybridized carbons (Fsp3) is 0.389. The quantitative estimate of drug-likeness (QED) is 0.695. The summed E-state index contributed by atoms with van der Waals surface area (Å²) in [5, 5.41) is 2.95.